The fourth-order valence-electron chi connectivity index (χ4n) is 4.36. The van der Waals surface area contributed by atoms with Crippen molar-refractivity contribution in [2.45, 2.75) is 18.9 Å². The molecule has 34 heavy (non-hydrogen) atoms. The lowest BCUT2D eigenvalue weighted by Crippen LogP contribution is -2.58. The third-order valence-electron chi connectivity index (χ3n) is 5.88. The van der Waals surface area contributed by atoms with Crippen molar-refractivity contribution in [3.63, 3.8) is 0 Å². The monoisotopic (exact) mass is 469 g/mol. The molecule has 2 atom stereocenters. The minimum Gasteiger partial charge on any atom is -0.487 e. The molecule has 1 fully saturated rings. The smallest absolute Gasteiger partial charge is 0.405 e. The maximum absolute atomic E-state index is 13.4. The predicted molar refractivity (Wildman–Crippen MR) is 118 cm³/mol. The first-order chi connectivity index (χ1) is 16.3. The Kier molecular flexibility index (Phi) is 6.44. The Morgan fingerprint density at radius 1 is 1.26 bits per heavy atom. The van der Waals surface area contributed by atoms with Crippen molar-refractivity contribution in [2.24, 2.45) is 16.3 Å². The molecule has 3 heterocycles. The molecule has 2 aromatic rings. The predicted octanol–water partition coefficient (Wildman–Crippen LogP) is 1.35. The van der Waals surface area contributed by atoms with E-state index in [1.165, 1.54) is 16.1 Å². The molecule has 1 aromatic carbocycles. The van der Waals surface area contributed by atoms with E-state index >= 15 is 0 Å². The number of likely N-dealkylation sites (tertiary alicyclic amines) is 1. The number of ether oxygens (including phenoxy) is 2. The molecular formula is C23H24FN5O5. The summed E-state index contributed by atoms with van der Waals surface area (Å²) in [4.78, 5) is 43.2. The number of amides is 3. The van der Waals surface area contributed by atoms with Crippen LogP contribution in [0.15, 0.2) is 53.9 Å². The highest BCUT2D eigenvalue weighted by molar-refractivity contribution is 6.13. The Hall–Kier alpha value is -4.02. The van der Waals surface area contributed by atoms with Gasteiger partial charge in [0, 0.05) is 32.6 Å². The van der Waals surface area contributed by atoms with Crippen LogP contribution in [0, 0.1) is 11.2 Å². The van der Waals surface area contributed by atoms with Crippen molar-refractivity contribution in [3.05, 3.63) is 60.2 Å². The van der Waals surface area contributed by atoms with Gasteiger partial charge in [0.05, 0.1) is 18.1 Å². The molecule has 2 N–H and O–H groups in total. The number of carbonyl (C=O) groups is 3. The highest BCUT2D eigenvalue weighted by Crippen LogP contribution is 2.38. The lowest BCUT2D eigenvalue weighted by molar-refractivity contribution is -0.146. The van der Waals surface area contributed by atoms with E-state index in [1.807, 2.05) is 30.3 Å². The number of halogens is 1. The third kappa shape index (κ3) is 4.68. The quantitative estimate of drug-likeness (QED) is 0.652. The van der Waals surface area contributed by atoms with Gasteiger partial charge in [-0.05, 0) is 12.0 Å². The number of nitrogens with two attached hydrogens (primary N) is 1. The minimum absolute atomic E-state index is 0.0584. The Balaban J connectivity index is 1.55. The number of aromatic nitrogens is 1. The summed E-state index contributed by atoms with van der Waals surface area (Å²) in [5, 5.41) is 5.73. The number of hydrazone groups is 1. The van der Waals surface area contributed by atoms with Crippen LogP contribution in [0.4, 0.5) is 9.18 Å². The summed E-state index contributed by atoms with van der Waals surface area (Å²) in [5.41, 5.74) is 5.79. The maximum Gasteiger partial charge on any atom is 0.405 e. The summed E-state index contributed by atoms with van der Waals surface area (Å²) in [6, 6.07) is 10.6. The molecule has 0 unspecified atom stereocenters. The average Bonchev–Trinajstić information content (AvgIpc) is 3.06. The number of hydrogen-bond donors (Lipinski definition) is 1. The van der Waals surface area contributed by atoms with Crippen molar-refractivity contribution in [3.8, 4) is 5.75 Å². The topological polar surface area (TPSA) is 127 Å². The zero-order chi connectivity index (χ0) is 24.3. The van der Waals surface area contributed by atoms with Gasteiger partial charge in [-0.1, -0.05) is 30.3 Å². The van der Waals surface area contributed by atoms with Crippen molar-refractivity contribution in [2.75, 3.05) is 26.7 Å². The average molecular weight is 469 g/mol. The van der Waals surface area contributed by atoms with Crippen molar-refractivity contribution < 1.29 is 28.2 Å². The van der Waals surface area contributed by atoms with Crippen molar-refractivity contribution >= 4 is 23.6 Å². The molecule has 1 aromatic heterocycles. The molecule has 0 saturated carbocycles. The first-order valence-corrected chi connectivity index (χ1v) is 10.7. The lowest BCUT2D eigenvalue weighted by atomic mass is 9.73. The number of nitrogens with zero attached hydrogens (tertiary/aromatic N) is 4. The van der Waals surface area contributed by atoms with Crippen molar-refractivity contribution in [1.82, 2.24) is 14.9 Å². The number of benzene rings is 1. The molecule has 0 spiro atoms. The zero-order valence-electron chi connectivity index (χ0n) is 18.5. The van der Waals surface area contributed by atoms with E-state index in [0.29, 0.717) is 18.6 Å². The summed E-state index contributed by atoms with van der Waals surface area (Å²) in [6.45, 7) is -0.0672. The number of carbonyl (C=O) groups excluding carboxylic acids is 3. The van der Waals surface area contributed by atoms with Gasteiger partial charge < -0.3 is 20.1 Å². The van der Waals surface area contributed by atoms with E-state index in [0.717, 1.165) is 17.8 Å². The standard InChI is InChI=1S/C23H24FN5O5/c1-28-21(31)23(10-15-5-3-2-4-6-15)14-29(8-7-19(23)27-28)20(30)18(34-22(25)32)13-33-17-9-16(24)11-26-12-17/h2-6,9,11-12,18H,7-8,10,13-14H2,1H3,(H2,25,32)/t18-,23-/m1/s1. The molecule has 178 valence electrons. The number of hydrogen-bond acceptors (Lipinski definition) is 7. The van der Waals surface area contributed by atoms with Gasteiger partial charge in [-0.2, -0.15) is 5.10 Å². The van der Waals surface area contributed by atoms with Crippen LogP contribution in [0.1, 0.15) is 12.0 Å². The molecule has 0 aliphatic carbocycles. The van der Waals surface area contributed by atoms with Gasteiger partial charge in [-0.3, -0.25) is 14.6 Å². The van der Waals surface area contributed by atoms with E-state index in [4.69, 9.17) is 15.2 Å². The Morgan fingerprint density at radius 2 is 2.03 bits per heavy atom. The lowest BCUT2D eigenvalue weighted by Gasteiger charge is -2.40. The van der Waals surface area contributed by atoms with Gasteiger partial charge in [0.15, 0.2) is 0 Å². The molecule has 0 radical (unpaired) electrons. The number of primary amides is 1. The second-order valence-corrected chi connectivity index (χ2v) is 8.21. The van der Waals surface area contributed by atoms with Gasteiger partial charge in [-0.15, -0.1) is 0 Å². The van der Waals surface area contributed by atoms with Crippen LogP contribution in [0.25, 0.3) is 0 Å². The number of pyridine rings is 1. The number of rotatable bonds is 7. The third-order valence-corrected chi connectivity index (χ3v) is 5.88. The van der Waals surface area contributed by atoms with E-state index in [9.17, 15) is 18.8 Å². The Bertz CT molecular complexity index is 1130. The van der Waals surface area contributed by atoms with Crippen LogP contribution in [0.3, 0.4) is 0 Å². The Labute approximate surface area is 195 Å². The molecule has 2 aliphatic rings. The van der Waals surface area contributed by atoms with Crippen LogP contribution in [-0.2, 0) is 20.7 Å². The maximum atomic E-state index is 13.4. The molecule has 10 nitrogen and oxygen atoms in total. The molecule has 3 amide bonds. The molecular weight excluding hydrogens is 445 g/mol. The number of fused-ring (bicyclic) bond motifs is 1. The van der Waals surface area contributed by atoms with Gasteiger partial charge in [-0.25, -0.2) is 14.2 Å². The van der Waals surface area contributed by atoms with Crippen LogP contribution in [0.5, 0.6) is 5.75 Å². The molecule has 1 saturated heterocycles. The molecule has 2 aliphatic heterocycles. The molecule has 4 rings (SSSR count). The van der Waals surface area contributed by atoms with Crippen LogP contribution in [0.2, 0.25) is 0 Å². The van der Waals surface area contributed by atoms with Gasteiger partial charge >= 0.3 is 6.09 Å². The highest BCUT2D eigenvalue weighted by atomic mass is 19.1. The van der Waals surface area contributed by atoms with E-state index in [2.05, 4.69) is 10.1 Å². The molecule has 0 bridgehead atoms. The summed E-state index contributed by atoms with van der Waals surface area (Å²) >= 11 is 0. The van der Waals surface area contributed by atoms with Gasteiger partial charge in [0.1, 0.15) is 23.6 Å². The first kappa shape index (κ1) is 23.1. The van der Waals surface area contributed by atoms with Crippen LogP contribution in [-0.4, -0.2) is 71.4 Å². The SMILES string of the molecule is CN1N=C2CCN(C(=O)[C@@H](COc3cncc(F)c3)OC(N)=O)C[C@@]2(Cc2ccccc2)C1=O. The van der Waals surface area contributed by atoms with E-state index in [1.54, 1.807) is 7.05 Å². The molecule has 11 heteroatoms. The summed E-state index contributed by atoms with van der Waals surface area (Å²) in [5.74, 6) is -1.34. The van der Waals surface area contributed by atoms with Crippen LogP contribution >= 0.6 is 0 Å². The normalized spacial score (nSPS) is 20.4. The van der Waals surface area contributed by atoms with Crippen molar-refractivity contribution in [1.29, 1.82) is 0 Å². The highest BCUT2D eigenvalue weighted by Gasteiger charge is 2.54. The summed E-state index contributed by atoms with van der Waals surface area (Å²) in [7, 11) is 1.59. The fourth-order valence-corrected chi connectivity index (χ4v) is 4.36. The first-order valence-electron chi connectivity index (χ1n) is 10.7. The second-order valence-electron chi connectivity index (χ2n) is 8.21. The summed E-state index contributed by atoms with van der Waals surface area (Å²) in [6.07, 6.45) is 0.473. The Morgan fingerprint density at radius 3 is 2.74 bits per heavy atom. The second kappa shape index (κ2) is 9.46. The number of piperidine rings is 1. The van der Waals surface area contributed by atoms with E-state index in [-0.39, 0.29) is 24.7 Å². The minimum atomic E-state index is -1.39. The fraction of sp³-hybridized carbons (Fsp3) is 0.348. The summed E-state index contributed by atoms with van der Waals surface area (Å²) < 4.78 is 23.8. The zero-order valence-corrected chi connectivity index (χ0v) is 18.5. The van der Waals surface area contributed by atoms with Gasteiger partial charge in [0.2, 0.25) is 6.10 Å². The van der Waals surface area contributed by atoms with Gasteiger partial charge in [0.25, 0.3) is 11.8 Å². The van der Waals surface area contributed by atoms with Crippen LogP contribution < -0.4 is 10.5 Å². The largest absolute Gasteiger partial charge is 0.487 e. The van der Waals surface area contributed by atoms with E-state index < -0.39 is 35.9 Å².